The monoisotopic (exact) mass is 253 g/mol. The zero-order chi connectivity index (χ0) is 13.8. The quantitative estimate of drug-likeness (QED) is 0.751. The number of nitrogens with one attached hydrogen (secondary N) is 1. The number of carboxylic acids is 1. The zero-order valence-corrected chi connectivity index (χ0v) is 9.68. The molecule has 0 spiro atoms. The smallest absolute Gasteiger partial charge is 0.391 e. The van der Waals surface area contributed by atoms with Crippen molar-refractivity contribution in [1.29, 1.82) is 0 Å². The highest BCUT2D eigenvalue weighted by Gasteiger charge is 2.30. The van der Waals surface area contributed by atoms with Crippen LogP contribution in [0.2, 0.25) is 0 Å². The number of carbonyl (C=O) groups is 2. The molecule has 0 aliphatic heterocycles. The van der Waals surface area contributed by atoms with E-state index in [1.165, 1.54) is 20.8 Å². The Hall–Kier alpha value is -1.53. The molecule has 1 unspecified atom stereocenters. The van der Waals surface area contributed by atoms with Gasteiger partial charge < -0.3 is 10.4 Å². The minimum absolute atomic E-state index is 0.105. The number of carbonyl (C=O) groups excluding carboxylic acids is 1. The van der Waals surface area contributed by atoms with Crippen LogP contribution in [0.1, 0.15) is 27.2 Å². The molecule has 0 aromatic carbocycles. The van der Waals surface area contributed by atoms with Crippen molar-refractivity contribution in [3.05, 3.63) is 11.1 Å². The Morgan fingerprint density at radius 1 is 1.24 bits per heavy atom. The van der Waals surface area contributed by atoms with Gasteiger partial charge in [-0.15, -0.1) is 0 Å². The molecule has 1 amide bonds. The highest BCUT2D eigenvalue weighted by molar-refractivity contribution is 6.01. The number of aliphatic carboxylic acids is 1. The molecule has 0 aliphatic rings. The van der Waals surface area contributed by atoms with E-state index >= 15 is 0 Å². The van der Waals surface area contributed by atoms with E-state index in [0.29, 0.717) is 0 Å². The van der Waals surface area contributed by atoms with Crippen LogP contribution in [0.4, 0.5) is 13.2 Å². The second-order valence-corrected chi connectivity index (χ2v) is 3.75. The minimum Gasteiger partial charge on any atom is -0.478 e. The number of carboxylic acid groups (broad SMARTS) is 1. The van der Waals surface area contributed by atoms with Crippen molar-refractivity contribution in [1.82, 2.24) is 5.32 Å². The van der Waals surface area contributed by atoms with E-state index in [4.69, 9.17) is 5.11 Å². The van der Waals surface area contributed by atoms with Gasteiger partial charge in [0.25, 0.3) is 0 Å². The summed E-state index contributed by atoms with van der Waals surface area (Å²) in [6.07, 6.45) is -5.52. The molecule has 0 fully saturated rings. The standard InChI is InChI=1S/C10H14F3NO3/c1-5(4-10(11,12)13)14-8(15)6(2)7(3)9(16)17/h5H,4H2,1-3H3,(H,14,15)(H,16,17). The summed E-state index contributed by atoms with van der Waals surface area (Å²) in [6.45, 7) is 3.67. The summed E-state index contributed by atoms with van der Waals surface area (Å²) in [5, 5.41) is 10.7. The van der Waals surface area contributed by atoms with Gasteiger partial charge in [0.15, 0.2) is 0 Å². The van der Waals surface area contributed by atoms with Crippen molar-refractivity contribution in [2.24, 2.45) is 0 Å². The van der Waals surface area contributed by atoms with Crippen LogP contribution in [-0.4, -0.2) is 29.2 Å². The summed E-state index contributed by atoms with van der Waals surface area (Å²) < 4.78 is 36.0. The molecule has 1 atom stereocenters. The summed E-state index contributed by atoms with van der Waals surface area (Å²) in [7, 11) is 0. The zero-order valence-electron chi connectivity index (χ0n) is 9.68. The molecule has 0 aromatic heterocycles. The number of hydrogen-bond donors (Lipinski definition) is 2. The average molecular weight is 253 g/mol. The third kappa shape index (κ3) is 5.94. The van der Waals surface area contributed by atoms with Gasteiger partial charge in [-0.05, 0) is 20.8 Å². The van der Waals surface area contributed by atoms with Gasteiger partial charge in [-0.1, -0.05) is 0 Å². The maximum atomic E-state index is 12.0. The third-order valence-electron chi connectivity index (χ3n) is 2.14. The first-order chi connectivity index (χ1) is 7.54. The van der Waals surface area contributed by atoms with Crippen molar-refractivity contribution < 1.29 is 27.9 Å². The van der Waals surface area contributed by atoms with Crippen molar-refractivity contribution >= 4 is 11.9 Å². The Balaban J connectivity index is 4.57. The third-order valence-corrected chi connectivity index (χ3v) is 2.14. The van der Waals surface area contributed by atoms with Crippen LogP contribution in [0.5, 0.6) is 0 Å². The van der Waals surface area contributed by atoms with E-state index in [1.807, 2.05) is 0 Å². The lowest BCUT2D eigenvalue weighted by molar-refractivity contribution is -0.141. The van der Waals surface area contributed by atoms with Crippen molar-refractivity contribution in [2.75, 3.05) is 0 Å². The van der Waals surface area contributed by atoms with Crippen LogP contribution >= 0.6 is 0 Å². The number of hydrogen-bond acceptors (Lipinski definition) is 2. The molecule has 4 nitrogen and oxygen atoms in total. The maximum Gasteiger partial charge on any atom is 0.391 e. The predicted octanol–water partition coefficient (Wildman–Crippen LogP) is 1.86. The van der Waals surface area contributed by atoms with Crippen molar-refractivity contribution in [3.8, 4) is 0 Å². The number of alkyl halides is 3. The molecule has 0 heterocycles. The molecule has 0 rings (SSSR count). The van der Waals surface area contributed by atoms with Gasteiger partial charge in [-0.3, -0.25) is 4.79 Å². The molecule has 2 N–H and O–H groups in total. The second-order valence-electron chi connectivity index (χ2n) is 3.75. The van der Waals surface area contributed by atoms with Gasteiger partial charge in [0.2, 0.25) is 5.91 Å². The first-order valence-electron chi connectivity index (χ1n) is 4.83. The topological polar surface area (TPSA) is 66.4 Å². The summed E-state index contributed by atoms with van der Waals surface area (Å²) in [6, 6.07) is -1.10. The molecule has 98 valence electrons. The van der Waals surface area contributed by atoms with Crippen LogP contribution in [0, 0.1) is 0 Å². The van der Waals surface area contributed by atoms with E-state index < -0.39 is 30.5 Å². The average Bonchev–Trinajstić information content (AvgIpc) is 2.11. The van der Waals surface area contributed by atoms with E-state index in [2.05, 4.69) is 5.32 Å². The van der Waals surface area contributed by atoms with Gasteiger partial charge in [0.05, 0.1) is 6.42 Å². The SMILES string of the molecule is CC(C(=O)O)=C(C)C(=O)NC(C)CC(F)(F)F. The fourth-order valence-corrected chi connectivity index (χ4v) is 1.06. The molecule has 17 heavy (non-hydrogen) atoms. The number of halogens is 3. The lowest BCUT2D eigenvalue weighted by Crippen LogP contribution is -2.36. The highest BCUT2D eigenvalue weighted by Crippen LogP contribution is 2.21. The van der Waals surface area contributed by atoms with Crippen LogP contribution in [0.15, 0.2) is 11.1 Å². The largest absolute Gasteiger partial charge is 0.478 e. The van der Waals surface area contributed by atoms with Crippen molar-refractivity contribution in [3.63, 3.8) is 0 Å². The molecular weight excluding hydrogens is 239 g/mol. The van der Waals surface area contributed by atoms with Gasteiger partial charge in [-0.2, -0.15) is 13.2 Å². The fourth-order valence-electron chi connectivity index (χ4n) is 1.06. The van der Waals surface area contributed by atoms with Crippen LogP contribution < -0.4 is 5.32 Å². The first kappa shape index (κ1) is 15.5. The molecular formula is C10H14F3NO3. The number of amides is 1. The lowest BCUT2D eigenvalue weighted by atomic mass is 10.1. The fraction of sp³-hybridized carbons (Fsp3) is 0.600. The molecule has 0 radical (unpaired) electrons. The minimum atomic E-state index is -4.37. The van der Waals surface area contributed by atoms with E-state index in [0.717, 1.165) is 0 Å². The van der Waals surface area contributed by atoms with E-state index in [1.54, 1.807) is 0 Å². The molecule has 0 saturated heterocycles. The Morgan fingerprint density at radius 3 is 2.06 bits per heavy atom. The number of rotatable bonds is 4. The van der Waals surface area contributed by atoms with Gasteiger partial charge in [0, 0.05) is 17.2 Å². The molecule has 0 aromatic rings. The first-order valence-corrected chi connectivity index (χ1v) is 4.83. The molecule has 0 aliphatic carbocycles. The highest BCUT2D eigenvalue weighted by atomic mass is 19.4. The molecule has 0 bridgehead atoms. The Morgan fingerprint density at radius 2 is 1.71 bits per heavy atom. The molecule has 7 heteroatoms. The van der Waals surface area contributed by atoms with Crippen LogP contribution in [0.25, 0.3) is 0 Å². The van der Waals surface area contributed by atoms with Crippen LogP contribution in [-0.2, 0) is 9.59 Å². The maximum absolute atomic E-state index is 12.0. The van der Waals surface area contributed by atoms with E-state index in [9.17, 15) is 22.8 Å². The van der Waals surface area contributed by atoms with Crippen molar-refractivity contribution in [2.45, 2.75) is 39.4 Å². The van der Waals surface area contributed by atoms with Gasteiger partial charge in [0.1, 0.15) is 0 Å². The second kappa shape index (κ2) is 5.70. The Bertz CT molecular complexity index is 347. The van der Waals surface area contributed by atoms with Gasteiger partial charge >= 0.3 is 12.1 Å². The summed E-state index contributed by atoms with van der Waals surface area (Å²) >= 11 is 0. The van der Waals surface area contributed by atoms with Gasteiger partial charge in [-0.25, -0.2) is 4.79 Å². The summed E-state index contributed by atoms with van der Waals surface area (Å²) in [5.41, 5.74) is -0.298. The Kier molecular flexibility index (Phi) is 5.18. The lowest BCUT2D eigenvalue weighted by Gasteiger charge is -2.16. The Labute approximate surface area is 96.5 Å². The summed E-state index contributed by atoms with van der Waals surface area (Å²) in [5.74, 6) is -2.08. The molecule has 0 saturated carbocycles. The predicted molar refractivity (Wildman–Crippen MR) is 54.3 cm³/mol. The van der Waals surface area contributed by atoms with E-state index in [-0.39, 0.29) is 11.1 Å². The summed E-state index contributed by atoms with van der Waals surface area (Å²) in [4.78, 5) is 21.9. The van der Waals surface area contributed by atoms with Crippen LogP contribution in [0.3, 0.4) is 0 Å². The normalized spacial score (nSPS) is 14.9.